The van der Waals surface area contributed by atoms with Gasteiger partial charge in [0.05, 0.1) is 17.2 Å². The lowest BCUT2D eigenvalue weighted by atomic mass is 10.3. The molecule has 2 aromatic heterocycles. The van der Waals surface area contributed by atoms with Crippen LogP contribution in [0.1, 0.15) is 17.1 Å². The monoisotopic (exact) mass is 232 g/mol. The molecule has 2 aromatic rings. The predicted molar refractivity (Wildman–Crippen MR) is 61.7 cm³/mol. The van der Waals surface area contributed by atoms with E-state index in [1.807, 2.05) is 18.2 Å². The summed E-state index contributed by atoms with van der Waals surface area (Å²) in [4.78, 5) is 14.6. The molecule has 0 aliphatic heterocycles. The molecule has 0 fully saturated rings. The van der Waals surface area contributed by atoms with Gasteiger partial charge in [-0.15, -0.1) is 0 Å². The van der Waals surface area contributed by atoms with Crippen LogP contribution in [0.15, 0.2) is 24.4 Å². The molecule has 2 heterocycles. The van der Waals surface area contributed by atoms with Crippen LogP contribution in [-0.2, 0) is 6.54 Å². The minimum atomic E-state index is -0.396. The molecular weight excluding hydrogens is 220 g/mol. The minimum absolute atomic E-state index is 0.0842. The molecule has 0 aromatic carbocycles. The lowest BCUT2D eigenvalue weighted by Crippen LogP contribution is -2.05. The Labute approximate surface area is 98.1 Å². The van der Waals surface area contributed by atoms with Crippen LogP contribution in [0.5, 0.6) is 0 Å². The first-order valence-corrected chi connectivity index (χ1v) is 5.18. The smallest absolute Gasteiger partial charge is 0.259 e. The molecule has 0 bridgehead atoms. The summed E-state index contributed by atoms with van der Waals surface area (Å²) in [5.74, 6) is 0. The lowest BCUT2D eigenvalue weighted by Gasteiger charge is -2.02. The fourth-order valence-electron chi connectivity index (χ4n) is 1.75. The van der Waals surface area contributed by atoms with Gasteiger partial charge in [-0.2, -0.15) is 5.10 Å². The topological polar surface area (TPSA) is 73.8 Å². The van der Waals surface area contributed by atoms with E-state index in [2.05, 4.69) is 10.1 Å². The van der Waals surface area contributed by atoms with Crippen molar-refractivity contribution in [3.63, 3.8) is 0 Å². The van der Waals surface area contributed by atoms with E-state index in [0.29, 0.717) is 17.9 Å². The summed E-state index contributed by atoms with van der Waals surface area (Å²) >= 11 is 0. The second kappa shape index (κ2) is 4.32. The Morgan fingerprint density at radius 1 is 1.41 bits per heavy atom. The van der Waals surface area contributed by atoms with Crippen molar-refractivity contribution in [2.75, 3.05) is 0 Å². The zero-order valence-corrected chi connectivity index (χ0v) is 9.62. The van der Waals surface area contributed by atoms with Crippen LogP contribution in [0.3, 0.4) is 0 Å². The van der Waals surface area contributed by atoms with Gasteiger partial charge >= 0.3 is 5.69 Å². The Balaban J connectivity index is 2.35. The van der Waals surface area contributed by atoms with Crippen LogP contribution in [0, 0.1) is 24.0 Å². The molecule has 0 saturated heterocycles. The van der Waals surface area contributed by atoms with Gasteiger partial charge in [0.2, 0.25) is 0 Å². The Hall–Kier alpha value is -2.24. The van der Waals surface area contributed by atoms with Crippen LogP contribution in [0.2, 0.25) is 0 Å². The Morgan fingerprint density at radius 3 is 2.71 bits per heavy atom. The van der Waals surface area contributed by atoms with E-state index in [-0.39, 0.29) is 5.69 Å². The average molecular weight is 232 g/mol. The molecule has 0 unspecified atom stereocenters. The summed E-state index contributed by atoms with van der Waals surface area (Å²) in [6.07, 6.45) is 1.69. The SMILES string of the molecule is Cc1nn(Cc2ccccn2)c(C)c1[N+](=O)[O-]. The number of hydrogen-bond acceptors (Lipinski definition) is 4. The second-order valence-electron chi connectivity index (χ2n) is 3.76. The highest BCUT2D eigenvalue weighted by molar-refractivity contribution is 5.39. The molecule has 6 nitrogen and oxygen atoms in total. The normalized spacial score (nSPS) is 10.5. The van der Waals surface area contributed by atoms with E-state index in [9.17, 15) is 10.1 Å². The molecule has 6 heteroatoms. The molecule has 0 saturated carbocycles. The highest BCUT2D eigenvalue weighted by Crippen LogP contribution is 2.22. The first-order valence-electron chi connectivity index (χ1n) is 5.18. The van der Waals surface area contributed by atoms with Gasteiger partial charge in [0.1, 0.15) is 11.4 Å². The van der Waals surface area contributed by atoms with Crippen LogP contribution < -0.4 is 0 Å². The molecule has 0 spiro atoms. The van der Waals surface area contributed by atoms with E-state index in [4.69, 9.17) is 0 Å². The van der Waals surface area contributed by atoms with Crippen molar-refractivity contribution in [3.05, 3.63) is 51.6 Å². The predicted octanol–water partition coefficient (Wildman–Crippen LogP) is 1.85. The van der Waals surface area contributed by atoms with Crippen molar-refractivity contribution in [2.45, 2.75) is 20.4 Å². The molecule has 17 heavy (non-hydrogen) atoms. The summed E-state index contributed by atoms with van der Waals surface area (Å²) < 4.78 is 1.61. The Bertz CT molecular complexity index is 548. The highest BCUT2D eigenvalue weighted by Gasteiger charge is 2.21. The minimum Gasteiger partial charge on any atom is -0.259 e. The van der Waals surface area contributed by atoms with Crippen molar-refractivity contribution < 1.29 is 4.92 Å². The molecular formula is C11H12N4O2. The van der Waals surface area contributed by atoms with Gasteiger partial charge in [0, 0.05) is 6.20 Å². The highest BCUT2D eigenvalue weighted by atomic mass is 16.6. The fourth-order valence-corrected chi connectivity index (χ4v) is 1.75. The number of rotatable bonds is 3. The van der Waals surface area contributed by atoms with E-state index in [1.165, 1.54) is 0 Å². The third kappa shape index (κ3) is 2.15. The van der Waals surface area contributed by atoms with Crippen molar-refractivity contribution in [3.8, 4) is 0 Å². The number of aromatic nitrogens is 3. The molecule has 88 valence electrons. The Morgan fingerprint density at radius 2 is 2.18 bits per heavy atom. The van der Waals surface area contributed by atoms with Gasteiger partial charge < -0.3 is 0 Å². The quantitative estimate of drug-likeness (QED) is 0.598. The maximum absolute atomic E-state index is 10.8. The zero-order valence-electron chi connectivity index (χ0n) is 9.62. The number of aryl methyl sites for hydroxylation is 1. The van der Waals surface area contributed by atoms with Crippen LogP contribution in [-0.4, -0.2) is 19.7 Å². The molecule has 0 amide bonds. The van der Waals surface area contributed by atoms with Gasteiger partial charge in [-0.3, -0.25) is 19.8 Å². The maximum atomic E-state index is 10.8. The molecule has 2 rings (SSSR count). The third-order valence-corrected chi connectivity index (χ3v) is 2.56. The number of nitro groups is 1. The molecule has 0 atom stereocenters. The standard InChI is InChI=1S/C11H12N4O2/c1-8-11(15(16)17)9(2)14(13-8)7-10-5-3-4-6-12-10/h3-6H,7H2,1-2H3. The summed E-state index contributed by atoms with van der Waals surface area (Å²) in [5, 5.41) is 15.0. The number of pyridine rings is 1. The van der Waals surface area contributed by atoms with Gasteiger partial charge in [-0.05, 0) is 26.0 Å². The second-order valence-corrected chi connectivity index (χ2v) is 3.76. The molecule has 0 aliphatic carbocycles. The Kier molecular flexibility index (Phi) is 2.86. The zero-order chi connectivity index (χ0) is 12.4. The van der Waals surface area contributed by atoms with E-state index >= 15 is 0 Å². The lowest BCUT2D eigenvalue weighted by molar-refractivity contribution is -0.386. The summed E-state index contributed by atoms with van der Waals surface area (Å²) in [7, 11) is 0. The first kappa shape index (κ1) is 11.3. The van der Waals surface area contributed by atoms with Crippen molar-refractivity contribution in [2.24, 2.45) is 0 Å². The average Bonchev–Trinajstić information content (AvgIpc) is 2.55. The molecule has 0 N–H and O–H groups in total. The maximum Gasteiger partial charge on any atom is 0.312 e. The van der Waals surface area contributed by atoms with E-state index in [1.54, 1.807) is 24.7 Å². The van der Waals surface area contributed by atoms with Gasteiger partial charge in [-0.1, -0.05) is 6.07 Å². The molecule has 0 aliphatic rings. The third-order valence-electron chi connectivity index (χ3n) is 2.56. The summed E-state index contributed by atoms with van der Waals surface area (Å²) in [6.45, 7) is 3.78. The van der Waals surface area contributed by atoms with Crippen molar-refractivity contribution >= 4 is 5.69 Å². The van der Waals surface area contributed by atoms with E-state index in [0.717, 1.165) is 5.69 Å². The van der Waals surface area contributed by atoms with Crippen molar-refractivity contribution in [1.82, 2.24) is 14.8 Å². The van der Waals surface area contributed by atoms with Gasteiger partial charge in [0.15, 0.2) is 0 Å². The summed E-state index contributed by atoms with van der Waals surface area (Å²) in [6, 6.07) is 5.57. The van der Waals surface area contributed by atoms with Gasteiger partial charge in [0.25, 0.3) is 0 Å². The number of hydrogen-bond donors (Lipinski definition) is 0. The largest absolute Gasteiger partial charge is 0.312 e. The van der Waals surface area contributed by atoms with E-state index < -0.39 is 4.92 Å². The van der Waals surface area contributed by atoms with Crippen LogP contribution in [0.25, 0.3) is 0 Å². The van der Waals surface area contributed by atoms with Crippen LogP contribution >= 0.6 is 0 Å². The fraction of sp³-hybridized carbons (Fsp3) is 0.273. The molecule has 0 radical (unpaired) electrons. The number of nitrogens with zero attached hydrogens (tertiary/aromatic N) is 4. The van der Waals surface area contributed by atoms with Crippen LogP contribution in [0.4, 0.5) is 5.69 Å². The van der Waals surface area contributed by atoms with Gasteiger partial charge in [-0.25, -0.2) is 0 Å². The summed E-state index contributed by atoms with van der Waals surface area (Å²) in [5.41, 5.74) is 1.90. The first-order chi connectivity index (χ1) is 8.09. The van der Waals surface area contributed by atoms with Crippen molar-refractivity contribution in [1.29, 1.82) is 0 Å².